The monoisotopic (exact) mass is 396 g/mol. The van der Waals surface area contributed by atoms with E-state index in [9.17, 15) is 0 Å². The molecule has 7 heteroatoms. The van der Waals surface area contributed by atoms with Crippen LogP contribution in [0.5, 0.6) is 0 Å². The predicted molar refractivity (Wildman–Crippen MR) is 115 cm³/mol. The molecule has 26 heavy (non-hydrogen) atoms. The summed E-state index contributed by atoms with van der Waals surface area (Å²) in [6.07, 6.45) is 2.00. The Morgan fingerprint density at radius 2 is 1.92 bits per heavy atom. The third-order valence-corrected chi connectivity index (χ3v) is 6.71. The summed E-state index contributed by atoms with van der Waals surface area (Å²) in [7, 11) is 0. The van der Waals surface area contributed by atoms with Crippen molar-refractivity contribution in [2.75, 3.05) is 11.6 Å². The van der Waals surface area contributed by atoms with Crippen molar-refractivity contribution in [2.45, 2.75) is 4.90 Å². The second-order valence-electron chi connectivity index (χ2n) is 5.65. The van der Waals surface area contributed by atoms with Gasteiger partial charge >= 0.3 is 0 Å². The summed E-state index contributed by atoms with van der Waals surface area (Å²) in [5, 5.41) is 18.4. The van der Waals surface area contributed by atoms with Gasteiger partial charge in [0.05, 0.1) is 10.6 Å². The molecule has 4 N–H and O–H groups in total. The van der Waals surface area contributed by atoms with Crippen LogP contribution in [-0.2, 0) is 0 Å². The molecule has 4 aromatic rings. The van der Waals surface area contributed by atoms with Crippen LogP contribution in [0.2, 0.25) is 0 Å². The van der Waals surface area contributed by atoms with E-state index < -0.39 is 0 Å². The van der Waals surface area contributed by atoms with Crippen molar-refractivity contribution in [1.82, 2.24) is 4.98 Å². The maximum atomic E-state index is 7.72. The smallest absolute Gasteiger partial charge is 0.187 e. The Hall–Kier alpha value is -2.35. The quantitative estimate of drug-likeness (QED) is 0.227. The van der Waals surface area contributed by atoms with E-state index in [0.717, 1.165) is 31.8 Å². The highest BCUT2D eigenvalue weighted by Crippen LogP contribution is 2.39. The molecule has 4 rings (SSSR count). The van der Waals surface area contributed by atoms with Crippen LogP contribution in [0.4, 0.5) is 10.8 Å². The number of benzene rings is 2. The van der Waals surface area contributed by atoms with Crippen molar-refractivity contribution in [1.29, 1.82) is 5.41 Å². The molecule has 4 nitrogen and oxygen atoms in total. The first-order chi connectivity index (χ1) is 12.7. The standard InChI is InChI=1S/C19H16N4S3/c1-24-16-14(9-25-17(16)18(20)21)15-10-26-19(23-15)22-13-7-6-11-4-2-3-5-12(11)8-13/h2-10H,1H3,(H3,20,21)(H,22,23). The molecule has 0 bridgehead atoms. The van der Waals surface area contributed by atoms with Gasteiger partial charge in [-0.05, 0) is 29.2 Å². The maximum absolute atomic E-state index is 7.72. The van der Waals surface area contributed by atoms with E-state index in [1.165, 1.54) is 22.1 Å². The van der Waals surface area contributed by atoms with Crippen LogP contribution >= 0.6 is 34.4 Å². The molecule has 0 aliphatic heterocycles. The number of amidine groups is 1. The number of anilines is 2. The van der Waals surface area contributed by atoms with E-state index in [-0.39, 0.29) is 5.84 Å². The molecule has 0 aliphatic carbocycles. The van der Waals surface area contributed by atoms with Gasteiger partial charge in [0.25, 0.3) is 0 Å². The van der Waals surface area contributed by atoms with Crippen LogP contribution in [-0.4, -0.2) is 17.1 Å². The average Bonchev–Trinajstić information content (AvgIpc) is 3.27. The molecule has 2 heterocycles. The Labute approximate surface area is 163 Å². The number of nitrogens with zero attached hydrogens (tertiary/aromatic N) is 1. The first kappa shape index (κ1) is 17.1. The largest absolute Gasteiger partial charge is 0.383 e. The lowest BCUT2D eigenvalue weighted by molar-refractivity contribution is 1.35. The molecule has 0 saturated heterocycles. The Morgan fingerprint density at radius 3 is 2.69 bits per heavy atom. The number of hydrogen-bond donors (Lipinski definition) is 3. The molecule has 2 aromatic heterocycles. The number of aromatic nitrogens is 1. The molecule has 0 unspecified atom stereocenters. The van der Waals surface area contributed by atoms with E-state index in [0.29, 0.717) is 0 Å². The molecule has 0 aliphatic rings. The molecular formula is C19H16N4S3. The van der Waals surface area contributed by atoms with Crippen molar-refractivity contribution in [3.8, 4) is 11.3 Å². The summed E-state index contributed by atoms with van der Waals surface area (Å²) in [6.45, 7) is 0. The number of thioether (sulfide) groups is 1. The summed E-state index contributed by atoms with van der Waals surface area (Å²) >= 11 is 4.66. The van der Waals surface area contributed by atoms with Crippen LogP contribution in [0.3, 0.4) is 0 Å². The first-order valence-electron chi connectivity index (χ1n) is 7.87. The van der Waals surface area contributed by atoms with E-state index >= 15 is 0 Å². The van der Waals surface area contributed by atoms with Crippen molar-refractivity contribution in [3.63, 3.8) is 0 Å². The molecule has 0 radical (unpaired) electrons. The number of fused-ring (bicyclic) bond motifs is 1. The first-order valence-corrected chi connectivity index (χ1v) is 10.9. The van der Waals surface area contributed by atoms with Crippen molar-refractivity contribution in [3.05, 3.63) is 58.1 Å². The zero-order valence-electron chi connectivity index (χ0n) is 13.9. The van der Waals surface area contributed by atoms with Gasteiger partial charge in [-0.15, -0.1) is 34.4 Å². The lowest BCUT2D eigenvalue weighted by Gasteiger charge is -2.04. The number of nitrogens with one attached hydrogen (secondary N) is 2. The summed E-state index contributed by atoms with van der Waals surface area (Å²) in [5.41, 5.74) is 8.65. The molecule has 130 valence electrons. The van der Waals surface area contributed by atoms with Crippen LogP contribution in [0.15, 0.2) is 58.1 Å². The molecular weight excluding hydrogens is 380 g/mol. The lowest BCUT2D eigenvalue weighted by atomic mass is 10.1. The van der Waals surface area contributed by atoms with E-state index in [4.69, 9.17) is 16.1 Å². The van der Waals surface area contributed by atoms with Gasteiger partial charge in [0.2, 0.25) is 0 Å². The number of hydrogen-bond acceptors (Lipinski definition) is 6. The fraction of sp³-hybridized carbons (Fsp3) is 0.0526. The van der Waals surface area contributed by atoms with Crippen LogP contribution < -0.4 is 11.1 Å². The molecule has 0 fully saturated rings. The highest BCUT2D eigenvalue weighted by molar-refractivity contribution is 7.99. The summed E-state index contributed by atoms with van der Waals surface area (Å²) in [6, 6.07) is 14.6. The number of rotatable bonds is 5. The molecule has 0 spiro atoms. The highest BCUT2D eigenvalue weighted by atomic mass is 32.2. The van der Waals surface area contributed by atoms with E-state index in [1.54, 1.807) is 23.1 Å². The normalized spacial score (nSPS) is 11.0. The SMILES string of the molecule is CSc1c(-c2csc(Nc3ccc4ccccc4c3)n2)csc1C(=N)N. The van der Waals surface area contributed by atoms with Gasteiger partial charge in [-0.25, -0.2) is 4.98 Å². The minimum Gasteiger partial charge on any atom is -0.383 e. The fourth-order valence-electron chi connectivity index (χ4n) is 2.76. The minimum atomic E-state index is 0.107. The van der Waals surface area contributed by atoms with Crippen LogP contribution in [0.25, 0.3) is 22.0 Å². The second kappa shape index (κ2) is 7.11. The number of thiophene rings is 1. The van der Waals surface area contributed by atoms with Crippen LogP contribution in [0.1, 0.15) is 4.88 Å². The second-order valence-corrected chi connectivity index (χ2v) is 8.20. The molecule has 2 aromatic carbocycles. The molecule has 0 saturated carbocycles. The maximum Gasteiger partial charge on any atom is 0.187 e. The van der Waals surface area contributed by atoms with Gasteiger partial charge < -0.3 is 11.1 Å². The highest BCUT2D eigenvalue weighted by Gasteiger charge is 2.16. The Bertz CT molecular complexity index is 1100. The lowest BCUT2D eigenvalue weighted by Crippen LogP contribution is -2.09. The number of thiazole rings is 1. The minimum absolute atomic E-state index is 0.107. The van der Waals surface area contributed by atoms with Gasteiger partial charge in [-0.2, -0.15) is 0 Å². The van der Waals surface area contributed by atoms with E-state index in [1.807, 2.05) is 29.1 Å². The number of nitrogens with two attached hydrogens (primary N) is 1. The van der Waals surface area contributed by atoms with Crippen LogP contribution in [0, 0.1) is 5.41 Å². The molecule has 0 atom stereocenters. The zero-order valence-corrected chi connectivity index (χ0v) is 16.4. The summed E-state index contributed by atoms with van der Waals surface area (Å²) < 4.78 is 0. The third kappa shape index (κ3) is 3.21. The Kier molecular flexibility index (Phi) is 4.67. The van der Waals surface area contributed by atoms with Crippen molar-refractivity contribution >= 4 is 61.9 Å². The zero-order chi connectivity index (χ0) is 18.1. The van der Waals surface area contributed by atoms with Gasteiger partial charge in [0.1, 0.15) is 5.84 Å². The number of nitrogen functional groups attached to an aromatic ring is 1. The average molecular weight is 397 g/mol. The van der Waals surface area contributed by atoms with Gasteiger partial charge in [0.15, 0.2) is 5.13 Å². The van der Waals surface area contributed by atoms with E-state index in [2.05, 4.69) is 35.6 Å². The van der Waals surface area contributed by atoms with Gasteiger partial charge in [-0.3, -0.25) is 5.41 Å². The summed E-state index contributed by atoms with van der Waals surface area (Å²) in [5.74, 6) is 0.107. The topological polar surface area (TPSA) is 74.8 Å². The van der Waals surface area contributed by atoms with Gasteiger partial charge in [-0.1, -0.05) is 30.3 Å². The Balaban J connectivity index is 1.63. The van der Waals surface area contributed by atoms with Crippen molar-refractivity contribution < 1.29 is 0 Å². The fourth-order valence-corrected chi connectivity index (χ4v) is 5.45. The van der Waals surface area contributed by atoms with Crippen molar-refractivity contribution in [2.24, 2.45) is 5.73 Å². The molecule has 0 amide bonds. The third-order valence-electron chi connectivity index (χ3n) is 3.98. The Morgan fingerprint density at radius 1 is 1.12 bits per heavy atom. The summed E-state index contributed by atoms with van der Waals surface area (Å²) in [4.78, 5) is 6.55. The predicted octanol–water partition coefficient (Wildman–Crippen LogP) is 5.77. The van der Waals surface area contributed by atoms with Gasteiger partial charge in [0, 0.05) is 26.9 Å².